The topological polar surface area (TPSA) is 9.23 Å². The summed E-state index contributed by atoms with van der Waals surface area (Å²) in [5, 5.41) is 0.255. The predicted octanol–water partition coefficient (Wildman–Crippen LogP) is 5.01. The van der Waals surface area contributed by atoms with Crippen LogP contribution in [0.15, 0.2) is 28.7 Å². The van der Waals surface area contributed by atoms with Crippen molar-refractivity contribution in [2.75, 3.05) is 0 Å². The molecule has 0 saturated heterocycles. The fraction of sp³-hybridized carbons (Fsp3) is 0.571. The van der Waals surface area contributed by atoms with Crippen LogP contribution in [0.3, 0.4) is 0 Å². The summed E-state index contributed by atoms with van der Waals surface area (Å²) in [5.41, 5.74) is 0.150. The summed E-state index contributed by atoms with van der Waals surface area (Å²) in [4.78, 5) is 0. The zero-order chi connectivity index (χ0) is 12.5. The van der Waals surface area contributed by atoms with E-state index >= 15 is 0 Å². The zero-order valence-electron chi connectivity index (χ0n) is 10.2. The highest BCUT2D eigenvalue weighted by atomic mass is 79.9. The van der Waals surface area contributed by atoms with E-state index in [-0.39, 0.29) is 16.9 Å². The van der Waals surface area contributed by atoms with Crippen LogP contribution in [0.2, 0.25) is 0 Å². The molecule has 0 spiro atoms. The lowest BCUT2D eigenvalue weighted by Gasteiger charge is -2.52. The van der Waals surface area contributed by atoms with Gasteiger partial charge in [-0.3, -0.25) is 0 Å². The van der Waals surface area contributed by atoms with Crippen LogP contribution in [0.4, 0.5) is 0 Å². The van der Waals surface area contributed by atoms with Crippen molar-refractivity contribution < 1.29 is 4.74 Å². The van der Waals surface area contributed by atoms with Crippen molar-refractivity contribution >= 4 is 27.5 Å². The molecule has 2 rings (SSSR count). The van der Waals surface area contributed by atoms with E-state index in [0.29, 0.717) is 0 Å². The molecule has 0 heterocycles. The maximum Gasteiger partial charge on any atom is 0.133 e. The summed E-state index contributed by atoms with van der Waals surface area (Å²) in [6.45, 7) is 4.41. The van der Waals surface area contributed by atoms with E-state index in [0.717, 1.165) is 29.5 Å². The summed E-state index contributed by atoms with van der Waals surface area (Å²) in [5.74, 6) is 0.923. The van der Waals surface area contributed by atoms with E-state index in [9.17, 15) is 0 Å². The lowest BCUT2D eigenvalue weighted by atomic mass is 9.62. The molecular formula is C14H18BrClO. The molecule has 2 atom stereocenters. The third-order valence-electron chi connectivity index (χ3n) is 4.11. The van der Waals surface area contributed by atoms with Crippen LogP contribution in [0.25, 0.3) is 0 Å². The molecule has 0 radical (unpaired) electrons. The van der Waals surface area contributed by atoms with Gasteiger partial charge in [-0.05, 0) is 40.9 Å². The molecule has 94 valence electrons. The summed E-state index contributed by atoms with van der Waals surface area (Å²) < 4.78 is 7.13. The van der Waals surface area contributed by atoms with Gasteiger partial charge in [0.25, 0.3) is 0 Å². The normalized spacial score (nSPS) is 26.4. The van der Waals surface area contributed by atoms with Crippen LogP contribution in [-0.4, -0.2) is 11.5 Å². The molecule has 1 saturated carbocycles. The maximum absolute atomic E-state index is 6.38. The number of alkyl halides is 1. The Bertz CT molecular complexity index is 390. The Morgan fingerprint density at radius 3 is 2.53 bits per heavy atom. The second kappa shape index (κ2) is 5.19. The summed E-state index contributed by atoms with van der Waals surface area (Å²) in [6, 6.07) is 8.00. The van der Waals surface area contributed by atoms with Crippen molar-refractivity contribution in [3.63, 3.8) is 0 Å². The molecule has 0 bridgehead atoms. The van der Waals surface area contributed by atoms with Crippen LogP contribution >= 0.6 is 27.5 Å². The molecule has 2 unspecified atom stereocenters. The Morgan fingerprint density at radius 2 is 2.00 bits per heavy atom. The van der Waals surface area contributed by atoms with E-state index in [1.54, 1.807) is 0 Å². The van der Waals surface area contributed by atoms with Crippen LogP contribution in [0.5, 0.6) is 5.75 Å². The van der Waals surface area contributed by atoms with Crippen molar-refractivity contribution in [2.45, 2.75) is 44.6 Å². The smallest absolute Gasteiger partial charge is 0.133 e. The fourth-order valence-electron chi connectivity index (χ4n) is 2.71. The summed E-state index contributed by atoms with van der Waals surface area (Å²) in [7, 11) is 0. The molecule has 0 aromatic heterocycles. The number of benzene rings is 1. The molecule has 0 amide bonds. The van der Waals surface area contributed by atoms with Gasteiger partial charge in [0.2, 0.25) is 0 Å². The Kier molecular flexibility index (Phi) is 4.04. The molecule has 1 aliphatic rings. The zero-order valence-corrected chi connectivity index (χ0v) is 12.6. The Labute approximate surface area is 117 Å². The summed E-state index contributed by atoms with van der Waals surface area (Å²) in [6.07, 6.45) is 3.35. The first-order chi connectivity index (χ1) is 8.14. The largest absolute Gasteiger partial charge is 0.489 e. The molecule has 1 fully saturated rings. The lowest BCUT2D eigenvalue weighted by molar-refractivity contribution is -0.0465. The first kappa shape index (κ1) is 13.2. The Morgan fingerprint density at radius 1 is 1.35 bits per heavy atom. The van der Waals surface area contributed by atoms with Crippen molar-refractivity contribution in [3.05, 3.63) is 28.7 Å². The molecule has 0 N–H and O–H groups in total. The van der Waals surface area contributed by atoms with Crippen molar-refractivity contribution in [1.82, 2.24) is 0 Å². The van der Waals surface area contributed by atoms with Gasteiger partial charge in [0.1, 0.15) is 11.9 Å². The van der Waals surface area contributed by atoms with Gasteiger partial charge in [0.15, 0.2) is 0 Å². The molecule has 0 aliphatic heterocycles. The second-order valence-corrected chi connectivity index (χ2v) is 6.06. The van der Waals surface area contributed by atoms with Crippen molar-refractivity contribution in [3.8, 4) is 5.75 Å². The van der Waals surface area contributed by atoms with E-state index < -0.39 is 0 Å². The van der Waals surface area contributed by atoms with Crippen molar-refractivity contribution in [2.24, 2.45) is 5.41 Å². The van der Waals surface area contributed by atoms with Gasteiger partial charge in [-0.15, -0.1) is 11.6 Å². The van der Waals surface area contributed by atoms with E-state index in [1.807, 2.05) is 24.3 Å². The van der Waals surface area contributed by atoms with Crippen LogP contribution < -0.4 is 4.74 Å². The Balaban J connectivity index is 2.13. The monoisotopic (exact) mass is 316 g/mol. The van der Waals surface area contributed by atoms with Crippen molar-refractivity contribution in [1.29, 1.82) is 0 Å². The van der Waals surface area contributed by atoms with Gasteiger partial charge in [0.05, 0.1) is 4.47 Å². The quantitative estimate of drug-likeness (QED) is 0.709. The summed E-state index contributed by atoms with van der Waals surface area (Å²) >= 11 is 9.90. The number of hydrogen-bond donors (Lipinski definition) is 0. The van der Waals surface area contributed by atoms with Crippen LogP contribution in [0, 0.1) is 5.41 Å². The SMILES string of the molecule is CCC1(CC)C(Cl)CC1Oc1ccccc1Br. The highest BCUT2D eigenvalue weighted by Crippen LogP contribution is 2.52. The van der Waals surface area contributed by atoms with E-state index in [4.69, 9.17) is 16.3 Å². The van der Waals surface area contributed by atoms with Gasteiger partial charge >= 0.3 is 0 Å². The lowest BCUT2D eigenvalue weighted by Crippen LogP contribution is -2.56. The number of hydrogen-bond acceptors (Lipinski definition) is 1. The third kappa shape index (κ3) is 2.22. The average molecular weight is 318 g/mol. The molecule has 1 aliphatic carbocycles. The number of para-hydroxylation sites is 1. The highest BCUT2D eigenvalue weighted by molar-refractivity contribution is 9.10. The number of ether oxygens (including phenoxy) is 1. The molecule has 1 aromatic rings. The van der Waals surface area contributed by atoms with Gasteiger partial charge in [-0.1, -0.05) is 26.0 Å². The van der Waals surface area contributed by atoms with Gasteiger partial charge in [0, 0.05) is 17.2 Å². The molecule has 1 nitrogen and oxygen atoms in total. The van der Waals surface area contributed by atoms with Gasteiger partial charge in [-0.2, -0.15) is 0 Å². The molecular weight excluding hydrogens is 300 g/mol. The Hall–Kier alpha value is -0.210. The first-order valence-electron chi connectivity index (χ1n) is 6.19. The van der Waals surface area contributed by atoms with E-state index in [1.165, 1.54) is 0 Å². The molecule has 3 heteroatoms. The third-order valence-corrected chi connectivity index (χ3v) is 5.38. The molecule has 17 heavy (non-hydrogen) atoms. The predicted molar refractivity (Wildman–Crippen MR) is 75.8 cm³/mol. The first-order valence-corrected chi connectivity index (χ1v) is 7.42. The second-order valence-electron chi connectivity index (χ2n) is 4.68. The minimum Gasteiger partial charge on any atom is -0.489 e. The number of rotatable bonds is 4. The van der Waals surface area contributed by atoms with Crippen LogP contribution in [-0.2, 0) is 0 Å². The van der Waals surface area contributed by atoms with E-state index in [2.05, 4.69) is 29.8 Å². The fourth-order valence-corrected chi connectivity index (χ4v) is 3.70. The number of halogens is 2. The van der Waals surface area contributed by atoms with Gasteiger partial charge in [-0.25, -0.2) is 0 Å². The van der Waals surface area contributed by atoms with Gasteiger partial charge < -0.3 is 4.74 Å². The standard InChI is InChI=1S/C14H18BrClO/c1-3-14(4-2)12(16)9-13(14)17-11-8-6-5-7-10(11)15/h5-8,12-13H,3-4,9H2,1-2H3. The minimum absolute atomic E-state index is 0.150. The van der Waals surface area contributed by atoms with Crippen LogP contribution in [0.1, 0.15) is 33.1 Å². The highest BCUT2D eigenvalue weighted by Gasteiger charge is 2.53. The average Bonchev–Trinajstić information content (AvgIpc) is 2.33. The molecule has 1 aromatic carbocycles. The maximum atomic E-state index is 6.38. The minimum atomic E-state index is 0.150.